The highest BCUT2D eigenvalue weighted by atomic mass is 32.2. The maximum atomic E-state index is 13.0. The molecule has 1 aliphatic rings. The Kier molecular flexibility index (Phi) is 5.25. The third kappa shape index (κ3) is 3.96. The van der Waals surface area contributed by atoms with E-state index in [1.54, 1.807) is 42.0 Å². The van der Waals surface area contributed by atoms with E-state index in [1.807, 2.05) is 6.07 Å². The summed E-state index contributed by atoms with van der Waals surface area (Å²) in [5.41, 5.74) is 2.84. The van der Waals surface area contributed by atoms with E-state index in [0.717, 1.165) is 0 Å². The van der Waals surface area contributed by atoms with Gasteiger partial charge in [-0.1, -0.05) is 0 Å². The van der Waals surface area contributed by atoms with Gasteiger partial charge in [-0.25, -0.2) is 18.4 Å². The molecule has 10 heteroatoms. The summed E-state index contributed by atoms with van der Waals surface area (Å²) in [5, 5.41) is 19.7. The van der Waals surface area contributed by atoms with Gasteiger partial charge in [0.1, 0.15) is 0 Å². The summed E-state index contributed by atoms with van der Waals surface area (Å²) in [6.45, 7) is 1.71. The van der Waals surface area contributed by atoms with Crippen LogP contribution in [0.15, 0.2) is 82.4 Å². The van der Waals surface area contributed by atoms with Gasteiger partial charge in [0.15, 0.2) is 0 Å². The van der Waals surface area contributed by atoms with Crippen molar-refractivity contribution in [1.82, 2.24) is 4.57 Å². The summed E-state index contributed by atoms with van der Waals surface area (Å²) in [5.74, 6) is -1.40. The molecule has 0 spiro atoms. The average molecular weight is 450 g/mol. The Hall–Kier alpha value is -4.02. The molecule has 3 aromatic rings. The summed E-state index contributed by atoms with van der Waals surface area (Å²) in [6, 6.07) is 15.6. The molecule has 1 aromatic heterocycles. The summed E-state index contributed by atoms with van der Waals surface area (Å²) in [7, 11) is -3.79. The molecule has 0 unspecified atom stereocenters. The lowest BCUT2D eigenvalue weighted by atomic mass is 10.1. The standard InChI is InChI=1S/C22H18N4O5S/c1-14-20(21(27)26(24-14)17-6-4-15(5-7-17)22(28)29)13-18-3-2-12-25(18)16-8-10-19(11-9-16)32(23,30)31/h2-13H,1H3,(H,28,29)(H2,23,30,31)/b20-13-. The van der Waals surface area contributed by atoms with E-state index < -0.39 is 16.0 Å². The molecule has 0 fully saturated rings. The minimum Gasteiger partial charge on any atom is -0.478 e. The number of amides is 1. The lowest BCUT2D eigenvalue weighted by molar-refractivity contribution is -0.114. The zero-order valence-corrected chi connectivity index (χ0v) is 17.7. The highest BCUT2D eigenvalue weighted by Gasteiger charge is 2.29. The van der Waals surface area contributed by atoms with Crippen molar-refractivity contribution in [3.63, 3.8) is 0 Å². The number of carboxylic acid groups (broad SMARTS) is 1. The number of hydrazone groups is 1. The van der Waals surface area contributed by atoms with Crippen molar-refractivity contribution in [3.8, 4) is 5.69 Å². The molecule has 0 radical (unpaired) electrons. The summed E-state index contributed by atoms with van der Waals surface area (Å²) in [6.07, 6.45) is 3.48. The van der Waals surface area contributed by atoms with Crippen LogP contribution in [-0.4, -0.2) is 35.7 Å². The number of nitrogens with zero attached hydrogens (tertiary/aromatic N) is 3. The van der Waals surface area contributed by atoms with Gasteiger partial charge in [-0.05, 0) is 73.7 Å². The number of hydrogen-bond donors (Lipinski definition) is 2. The molecule has 1 amide bonds. The number of primary sulfonamides is 1. The average Bonchev–Trinajstić information content (AvgIpc) is 3.33. The molecule has 2 aromatic carbocycles. The van der Waals surface area contributed by atoms with Crippen LogP contribution in [0.3, 0.4) is 0 Å². The summed E-state index contributed by atoms with van der Waals surface area (Å²) < 4.78 is 24.7. The lowest BCUT2D eigenvalue weighted by Crippen LogP contribution is -2.21. The Morgan fingerprint density at radius 1 is 1.03 bits per heavy atom. The smallest absolute Gasteiger partial charge is 0.335 e. The monoisotopic (exact) mass is 450 g/mol. The normalized spacial score (nSPS) is 15.3. The van der Waals surface area contributed by atoms with E-state index in [2.05, 4.69) is 5.10 Å². The fourth-order valence-corrected chi connectivity index (χ4v) is 3.81. The van der Waals surface area contributed by atoms with Crippen molar-refractivity contribution < 1.29 is 23.1 Å². The Balaban J connectivity index is 1.64. The molecule has 32 heavy (non-hydrogen) atoms. The number of benzene rings is 2. The number of carboxylic acids is 1. The molecule has 0 saturated carbocycles. The maximum absolute atomic E-state index is 13.0. The third-order valence-corrected chi connectivity index (χ3v) is 5.87. The summed E-state index contributed by atoms with van der Waals surface area (Å²) >= 11 is 0. The number of rotatable bonds is 5. The number of nitrogens with two attached hydrogens (primary N) is 1. The molecule has 162 valence electrons. The van der Waals surface area contributed by atoms with Gasteiger partial charge in [-0.15, -0.1) is 0 Å². The number of anilines is 1. The minimum atomic E-state index is -3.79. The van der Waals surface area contributed by atoms with Crippen LogP contribution < -0.4 is 10.1 Å². The first-order valence-corrected chi connectivity index (χ1v) is 11.0. The lowest BCUT2D eigenvalue weighted by Gasteiger charge is -2.12. The Morgan fingerprint density at radius 2 is 1.66 bits per heavy atom. The van der Waals surface area contributed by atoms with Crippen molar-refractivity contribution in [2.24, 2.45) is 10.2 Å². The van der Waals surface area contributed by atoms with Gasteiger partial charge in [0.25, 0.3) is 5.91 Å². The van der Waals surface area contributed by atoms with Crippen molar-refractivity contribution >= 4 is 39.4 Å². The van der Waals surface area contributed by atoms with Crippen LogP contribution in [0.1, 0.15) is 23.0 Å². The Bertz CT molecular complexity index is 1380. The number of sulfonamides is 1. The van der Waals surface area contributed by atoms with Gasteiger partial charge in [-0.3, -0.25) is 4.79 Å². The van der Waals surface area contributed by atoms with Gasteiger partial charge < -0.3 is 9.67 Å². The molecule has 4 rings (SSSR count). The predicted molar refractivity (Wildman–Crippen MR) is 119 cm³/mol. The molecule has 0 bridgehead atoms. The molecule has 9 nitrogen and oxygen atoms in total. The van der Waals surface area contributed by atoms with Gasteiger partial charge in [-0.2, -0.15) is 10.1 Å². The van der Waals surface area contributed by atoms with Crippen molar-refractivity contribution in [1.29, 1.82) is 0 Å². The van der Waals surface area contributed by atoms with Crippen LogP contribution in [0.25, 0.3) is 11.8 Å². The van der Waals surface area contributed by atoms with Crippen LogP contribution in [0, 0.1) is 0 Å². The minimum absolute atomic E-state index is 0.00631. The van der Waals surface area contributed by atoms with Crippen LogP contribution in [0.4, 0.5) is 5.69 Å². The van der Waals surface area contributed by atoms with E-state index in [0.29, 0.717) is 28.4 Å². The Labute approximate surface area is 183 Å². The second-order valence-corrected chi connectivity index (χ2v) is 8.62. The largest absolute Gasteiger partial charge is 0.478 e. The molecule has 3 N–H and O–H groups in total. The number of aromatic nitrogens is 1. The van der Waals surface area contributed by atoms with E-state index in [-0.39, 0.29) is 16.4 Å². The fourth-order valence-electron chi connectivity index (χ4n) is 3.30. The number of carbonyl (C=O) groups is 2. The second kappa shape index (κ2) is 7.91. The number of carbonyl (C=O) groups excluding carboxylic acids is 1. The SMILES string of the molecule is CC1=NN(c2ccc(C(=O)O)cc2)C(=O)/C1=C\c1cccn1-c1ccc(S(N)(=O)=O)cc1. The highest BCUT2D eigenvalue weighted by Crippen LogP contribution is 2.26. The van der Waals surface area contributed by atoms with Crippen molar-refractivity contribution in [2.45, 2.75) is 11.8 Å². The third-order valence-electron chi connectivity index (χ3n) is 4.94. The summed E-state index contributed by atoms with van der Waals surface area (Å²) in [4.78, 5) is 24.0. The number of aromatic carboxylic acids is 1. The fraction of sp³-hybridized carbons (Fsp3) is 0.0455. The van der Waals surface area contributed by atoms with Crippen LogP contribution in [-0.2, 0) is 14.8 Å². The maximum Gasteiger partial charge on any atom is 0.335 e. The van der Waals surface area contributed by atoms with Crippen LogP contribution in [0.5, 0.6) is 0 Å². The topological polar surface area (TPSA) is 135 Å². The van der Waals surface area contributed by atoms with E-state index in [1.165, 1.54) is 41.4 Å². The van der Waals surface area contributed by atoms with E-state index in [9.17, 15) is 18.0 Å². The van der Waals surface area contributed by atoms with Gasteiger partial charge in [0, 0.05) is 17.6 Å². The molecule has 0 aliphatic carbocycles. The first-order valence-electron chi connectivity index (χ1n) is 9.41. The zero-order chi connectivity index (χ0) is 23.0. The second-order valence-electron chi connectivity index (χ2n) is 7.05. The highest BCUT2D eigenvalue weighted by molar-refractivity contribution is 7.89. The van der Waals surface area contributed by atoms with Gasteiger partial charge >= 0.3 is 5.97 Å². The predicted octanol–water partition coefficient (Wildman–Crippen LogP) is 2.63. The molecular formula is C22H18N4O5S. The molecule has 0 saturated heterocycles. The van der Waals surface area contributed by atoms with Gasteiger partial charge in [0.05, 0.1) is 27.4 Å². The van der Waals surface area contributed by atoms with Crippen molar-refractivity contribution in [2.75, 3.05) is 5.01 Å². The zero-order valence-electron chi connectivity index (χ0n) is 16.8. The first-order chi connectivity index (χ1) is 15.1. The van der Waals surface area contributed by atoms with E-state index >= 15 is 0 Å². The Morgan fingerprint density at radius 3 is 2.25 bits per heavy atom. The van der Waals surface area contributed by atoms with Crippen molar-refractivity contribution in [3.05, 3.63) is 83.7 Å². The molecule has 2 heterocycles. The van der Waals surface area contributed by atoms with Crippen LogP contribution >= 0.6 is 0 Å². The van der Waals surface area contributed by atoms with Gasteiger partial charge in [0.2, 0.25) is 10.0 Å². The first kappa shape index (κ1) is 21.2. The molecule has 1 aliphatic heterocycles. The van der Waals surface area contributed by atoms with Crippen LogP contribution in [0.2, 0.25) is 0 Å². The molecule has 0 atom stereocenters. The quantitative estimate of drug-likeness (QED) is 0.576. The number of hydrogen-bond acceptors (Lipinski definition) is 5. The van der Waals surface area contributed by atoms with E-state index in [4.69, 9.17) is 10.2 Å². The molecular weight excluding hydrogens is 432 g/mol.